The fourth-order valence-corrected chi connectivity index (χ4v) is 5.01. The highest BCUT2D eigenvalue weighted by atomic mass is 35.5. The Bertz CT molecular complexity index is 1210. The number of nitrogens with zero attached hydrogens (tertiary/aromatic N) is 1. The first kappa shape index (κ1) is 24.1. The molecule has 3 rings (SSSR count). The molecule has 0 unspecified atom stereocenters. The van der Waals surface area contributed by atoms with Crippen molar-refractivity contribution in [2.75, 3.05) is 4.31 Å². The van der Waals surface area contributed by atoms with Gasteiger partial charge in [0.1, 0.15) is 0 Å². The van der Waals surface area contributed by atoms with Crippen molar-refractivity contribution in [3.63, 3.8) is 0 Å². The zero-order chi connectivity index (χ0) is 23.1. The molecule has 0 bridgehead atoms. The molecule has 0 aromatic heterocycles. The Kier molecular flexibility index (Phi) is 8.13. The van der Waals surface area contributed by atoms with Crippen molar-refractivity contribution >= 4 is 50.9 Å². The summed E-state index contributed by atoms with van der Waals surface area (Å²) in [4.78, 5) is 13.2. The van der Waals surface area contributed by atoms with Gasteiger partial charge in [-0.1, -0.05) is 72.9 Å². The van der Waals surface area contributed by atoms with Crippen molar-refractivity contribution in [2.24, 2.45) is 0 Å². The number of aryl methyl sites for hydroxylation is 1. The first-order valence-corrected chi connectivity index (χ1v) is 12.4. The number of sulfonamides is 1. The molecule has 4 nitrogen and oxygen atoms in total. The van der Waals surface area contributed by atoms with Crippen molar-refractivity contribution in [3.05, 3.63) is 100 Å². The van der Waals surface area contributed by atoms with E-state index in [-0.39, 0.29) is 10.6 Å². The molecule has 0 atom stereocenters. The molecule has 3 aromatic carbocycles. The van der Waals surface area contributed by atoms with Crippen LogP contribution in [0.1, 0.15) is 30.9 Å². The molecule has 3 aromatic rings. The minimum atomic E-state index is -4.13. The smallest absolute Gasteiger partial charge is 0.268 e. The molecule has 0 aliphatic heterocycles. The van der Waals surface area contributed by atoms with Crippen LogP contribution < -0.4 is 4.31 Å². The van der Waals surface area contributed by atoms with E-state index < -0.39 is 15.9 Å². The van der Waals surface area contributed by atoms with Crippen molar-refractivity contribution < 1.29 is 13.2 Å². The van der Waals surface area contributed by atoms with E-state index in [1.54, 1.807) is 48.5 Å². The fraction of sp³-hybridized carbons (Fsp3) is 0.160. The number of halogens is 2. The van der Waals surface area contributed by atoms with E-state index in [0.29, 0.717) is 15.6 Å². The normalized spacial score (nSPS) is 11.6. The predicted octanol–water partition coefficient (Wildman–Crippen LogP) is 6.77. The summed E-state index contributed by atoms with van der Waals surface area (Å²) in [5.74, 6) is -0.707. The molecular formula is C25H23Cl2NO3S. The summed E-state index contributed by atoms with van der Waals surface area (Å²) in [6, 6.07) is 19.8. The van der Waals surface area contributed by atoms with Gasteiger partial charge in [0.15, 0.2) is 0 Å². The monoisotopic (exact) mass is 487 g/mol. The maximum Gasteiger partial charge on any atom is 0.271 e. The molecule has 0 aliphatic carbocycles. The summed E-state index contributed by atoms with van der Waals surface area (Å²) in [5.41, 5.74) is 1.91. The van der Waals surface area contributed by atoms with Crippen LogP contribution in [0.4, 0.5) is 5.69 Å². The Morgan fingerprint density at radius 2 is 1.66 bits per heavy atom. The number of carbonyl (C=O) groups is 1. The lowest BCUT2D eigenvalue weighted by Gasteiger charge is -2.21. The minimum Gasteiger partial charge on any atom is -0.268 e. The first-order chi connectivity index (χ1) is 15.3. The molecule has 0 N–H and O–H groups in total. The minimum absolute atomic E-state index is 0.0290. The second-order valence-corrected chi connectivity index (χ2v) is 9.82. The van der Waals surface area contributed by atoms with Crippen LogP contribution in [0, 0.1) is 0 Å². The van der Waals surface area contributed by atoms with Crippen molar-refractivity contribution in [3.8, 4) is 0 Å². The molecule has 0 fully saturated rings. The van der Waals surface area contributed by atoms with Crippen LogP contribution in [0.15, 0.2) is 83.8 Å². The van der Waals surface area contributed by atoms with Gasteiger partial charge in [-0.15, -0.1) is 0 Å². The number of hydrogen-bond acceptors (Lipinski definition) is 3. The van der Waals surface area contributed by atoms with Gasteiger partial charge in [0.05, 0.1) is 10.6 Å². The quantitative estimate of drug-likeness (QED) is 0.329. The lowest BCUT2D eigenvalue weighted by Crippen LogP contribution is -2.35. The maximum atomic E-state index is 13.4. The third-order valence-corrected chi connectivity index (χ3v) is 7.14. The maximum absolute atomic E-state index is 13.4. The van der Waals surface area contributed by atoms with Crippen molar-refractivity contribution in [2.45, 2.75) is 31.1 Å². The van der Waals surface area contributed by atoms with Crippen LogP contribution in [0.5, 0.6) is 0 Å². The first-order valence-electron chi connectivity index (χ1n) is 10.2. The molecule has 0 saturated heterocycles. The Labute approximate surface area is 199 Å². The number of anilines is 1. The van der Waals surface area contributed by atoms with Crippen molar-refractivity contribution in [1.82, 2.24) is 0 Å². The van der Waals surface area contributed by atoms with Gasteiger partial charge < -0.3 is 0 Å². The number of hydrogen-bond donors (Lipinski definition) is 0. The largest absolute Gasteiger partial charge is 0.271 e. The summed E-state index contributed by atoms with van der Waals surface area (Å²) < 4.78 is 27.6. The van der Waals surface area contributed by atoms with Gasteiger partial charge in [-0.25, -0.2) is 8.42 Å². The predicted molar refractivity (Wildman–Crippen MR) is 132 cm³/mol. The summed E-state index contributed by atoms with van der Waals surface area (Å²) in [7, 11) is -4.13. The van der Waals surface area contributed by atoms with Gasteiger partial charge in [-0.05, 0) is 66.4 Å². The SMILES string of the molecule is CCCCc1ccc(N(C(=O)/C=C/c2ccc(Cl)cc2Cl)S(=O)(=O)c2ccccc2)cc1. The molecule has 7 heteroatoms. The molecule has 166 valence electrons. The number of amides is 1. The van der Waals surface area contributed by atoms with Crippen LogP contribution in [-0.2, 0) is 21.2 Å². The highest BCUT2D eigenvalue weighted by molar-refractivity contribution is 7.93. The van der Waals surface area contributed by atoms with E-state index in [1.807, 2.05) is 12.1 Å². The van der Waals surface area contributed by atoms with Gasteiger partial charge in [0.2, 0.25) is 0 Å². The van der Waals surface area contributed by atoms with Gasteiger partial charge in [-0.3, -0.25) is 4.79 Å². The third kappa shape index (κ3) is 5.80. The lowest BCUT2D eigenvalue weighted by molar-refractivity contribution is -0.113. The Morgan fingerprint density at radius 1 is 0.969 bits per heavy atom. The standard InChI is InChI=1S/C25H23Cl2NO3S/c1-2-3-7-19-10-15-22(16-11-19)28(32(30,31)23-8-5-4-6-9-23)25(29)17-13-20-12-14-21(26)18-24(20)27/h4-6,8-18H,2-3,7H2,1H3/b17-13+. The van der Waals surface area contributed by atoms with E-state index in [0.717, 1.165) is 29.1 Å². The summed E-state index contributed by atoms with van der Waals surface area (Å²) in [6.07, 6.45) is 5.66. The Hall–Kier alpha value is -2.60. The average Bonchev–Trinajstić information content (AvgIpc) is 2.78. The number of unbranched alkanes of at least 4 members (excludes halogenated alkanes) is 1. The van der Waals surface area contributed by atoms with Crippen LogP contribution in [0.2, 0.25) is 10.0 Å². The van der Waals surface area contributed by atoms with Crippen LogP contribution in [-0.4, -0.2) is 14.3 Å². The summed E-state index contributed by atoms with van der Waals surface area (Å²) in [5, 5.41) is 0.828. The van der Waals surface area contributed by atoms with E-state index in [4.69, 9.17) is 23.2 Å². The van der Waals surface area contributed by atoms with E-state index >= 15 is 0 Å². The van der Waals surface area contributed by atoms with Crippen molar-refractivity contribution in [1.29, 1.82) is 0 Å². The summed E-state index contributed by atoms with van der Waals surface area (Å²) in [6.45, 7) is 2.11. The highest BCUT2D eigenvalue weighted by Gasteiger charge is 2.29. The molecule has 0 aliphatic rings. The second-order valence-electron chi connectivity index (χ2n) is 7.19. The number of rotatable bonds is 8. The molecule has 0 saturated carbocycles. The van der Waals surface area contributed by atoms with E-state index in [2.05, 4.69) is 6.92 Å². The highest BCUT2D eigenvalue weighted by Crippen LogP contribution is 2.26. The number of carbonyl (C=O) groups excluding carboxylic acids is 1. The molecular weight excluding hydrogens is 465 g/mol. The van der Waals surface area contributed by atoms with Crippen LogP contribution in [0.25, 0.3) is 6.08 Å². The average molecular weight is 488 g/mol. The number of benzene rings is 3. The van der Waals surface area contributed by atoms with Gasteiger partial charge >= 0.3 is 0 Å². The van der Waals surface area contributed by atoms with E-state index in [1.165, 1.54) is 24.3 Å². The van der Waals surface area contributed by atoms with Gasteiger partial charge in [0.25, 0.3) is 15.9 Å². The Morgan fingerprint density at radius 3 is 2.28 bits per heavy atom. The zero-order valence-corrected chi connectivity index (χ0v) is 19.9. The summed E-state index contributed by atoms with van der Waals surface area (Å²) >= 11 is 12.1. The van der Waals surface area contributed by atoms with Crippen LogP contribution >= 0.6 is 23.2 Å². The van der Waals surface area contributed by atoms with Gasteiger partial charge in [-0.2, -0.15) is 4.31 Å². The van der Waals surface area contributed by atoms with Crippen LogP contribution in [0.3, 0.4) is 0 Å². The third-order valence-electron chi connectivity index (χ3n) is 4.84. The van der Waals surface area contributed by atoms with E-state index in [9.17, 15) is 13.2 Å². The Balaban J connectivity index is 2.00. The molecule has 0 radical (unpaired) electrons. The lowest BCUT2D eigenvalue weighted by atomic mass is 10.1. The fourth-order valence-electron chi connectivity index (χ4n) is 3.13. The second kappa shape index (κ2) is 10.8. The topological polar surface area (TPSA) is 54.5 Å². The molecule has 0 spiro atoms. The molecule has 0 heterocycles. The molecule has 32 heavy (non-hydrogen) atoms. The van der Waals surface area contributed by atoms with Gasteiger partial charge in [0, 0.05) is 16.1 Å². The zero-order valence-electron chi connectivity index (χ0n) is 17.5. The molecule has 1 amide bonds.